The number of nitrogens with two attached hydrogens (primary N) is 1. The highest BCUT2D eigenvalue weighted by atomic mass is 79.9. The maximum absolute atomic E-state index is 13.4. The van der Waals surface area contributed by atoms with E-state index in [2.05, 4.69) is 15.9 Å². The molecule has 0 aliphatic rings. The fourth-order valence-corrected chi connectivity index (χ4v) is 2.35. The zero-order valence-corrected chi connectivity index (χ0v) is 13.2. The summed E-state index contributed by atoms with van der Waals surface area (Å²) in [5.74, 6) is 0.212. The van der Waals surface area contributed by atoms with E-state index < -0.39 is 5.82 Å². The first-order chi connectivity index (χ1) is 9.49. The molecule has 0 fully saturated rings. The molecule has 0 radical (unpaired) electrons. The average molecular weight is 359 g/mol. The lowest BCUT2D eigenvalue weighted by Crippen LogP contribution is -2.08. The van der Waals surface area contributed by atoms with Crippen LogP contribution in [0.3, 0.4) is 0 Å². The largest absolute Gasteiger partial charge is 0.488 e. The molecule has 0 aliphatic heterocycles. The first-order valence-electron chi connectivity index (χ1n) is 6.09. The van der Waals surface area contributed by atoms with Gasteiger partial charge in [0.1, 0.15) is 18.2 Å². The molecule has 0 spiro atoms. The molecule has 0 unspecified atom stereocenters. The van der Waals surface area contributed by atoms with E-state index in [0.29, 0.717) is 11.3 Å². The van der Waals surface area contributed by atoms with Crippen molar-refractivity contribution >= 4 is 27.5 Å². The maximum atomic E-state index is 13.4. The molecule has 2 aromatic rings. The van der Waals surface area contributed by atoms with Crippen LogP contribution in [0.2, 0.25) is 5.02 Å². The second kappa shape index (κ2) is 6.57. The van der Waals surface area contributed by atoms with Gasteiger partial charge in [0.25, 0.3) is 0 Å². The van der Waals surface area contributed by atoms with Crippen molar-refractivity contribution in [2.75, 3.05) is 0 Å². The second-order valence-electron chi connectivity index (χ2n) is 4.47. The Kier molecular flexibility index (Phi) is 5.02. The van der Waals surface area contributed by atoms with Gasteiger partial charge in [-0.3, -0.25) is 0 Å². The standard InChI is InChI=1S/C15H14BrClFNO/c1-9(19)12-6-5-11(16)7-14(12)20-8-10-3-2-4-13(18)15(10)17/h2-7,9H,8,19H2,1H3/t9-/m1/s1. The molecule has 2 aromatic carbocycles. The summed E-state index contributed by atoms with van der Waals surface area (Å²) in [7, 11) is 0. The number of halogens is 3. The minimum absolute atomic E-state index is 0.0878. The smallest absolute Gasteiger partial charge is 0.142 e. The highest BCUT2D eigenvalue weighted by Crippen LogP contribution is 2.29. The van der Waals surface area contributed by atoms with Crippen LogP contribution in [-0.2, 0) is 6.61 Å². The molecule has 5 heteroatoms. The molecular formula is C15H14BrClFNO. The molecule has 0 heterocycles. The van der Waals surface area contributed by atoms with Crippen LogP contribution in [-0.4, -0.2) is 0 Å². The van der Waals surface area contributed by atoms with Crippen LogP contribution in [0.15, 0.2) is 40.9 Å². The van der Waals surface area contributed by atoms with Crippen molar-refractivity contribution in [2.45, 2.75) is 19.6 Å². The van der Waals surface area contributed by atoms with Gasteiger partial charge in [-0.1, -0.05) is 45.7 Å². The number of hydrogen-bond acceptors (Lipinski definition) is 2. The lowest BCUT2D eigenvalue weighted by molar-refractivity contribution is 0.301. The maximum Gasteiger partial charge on any atom is 0.142 e. The van der Waals surface area contributed by atoms with Gasteiger partial charge in [-0.05, 0) is 25.1 Å². The molecule has 0 amide bonds. The highest BCUT2D eigenvalue weighted by molar-refractivity contribution is 9.10. The van der Waals surface area contributed by atoms with Crippen molar-refractivity contribution in [3.05, 3.63) is 62.8 Å². The van der Waals surface area contributed by atoms with Crippen LogP contribution in [0, 0.1) is 5.82 Å². The summed E-state index contributed by atoms with van der Waals surface area (Å²) in [5, 5.41) is 0.0878. The van der Waals surface area contributed by atoms with Gasteiger partial charge in [0.05, 0.1) is 5.02 Å². The third-order valence-corrected chi connectivity index (χ3v) is 3.80. The Morgan fingerprint density at radius 2 is 2.10 bits per heavy atom. The van der Waals surface area contributed by atoms with E-state index in [1.807, 2.05) is 25.1 Å². The molecular weight excluding hydrogens is 345 g/mol. The molecule has 1 atom stereocenters. The zero-order chi connectivity index (χ0) is 14.7. The van der Waals surface area contributed by atoms with Gasteiger partial charge in [-0.15, -0.1) is 0 Å². The van der Waals surface area contributed by atoms with E-state index in [-0.39, 0.29) is 17.7 Å². The SMILES string of the molecule is C[C@@H](N)c1ccc(Br)cc1OCc1cccc(F)c1Cl. The van der Waals surface area contributed by atoms with Crippen molar-refractivity contribution in [1.82, 2.24) is 0 Å². The average Bonchev–Trinajstić information content (AvgIpc) is 2.40. The quantitative estimate of drug-likeness (QED) is 0.848. The zero-order valence-electron chi connectivity index (χ0n) is 10.9. The minimum Gasteiger partial charge on any atom is -0.488 e. The topological polar surface area (TPSA) is 35.2 Å². The summed E-state index contributed by atoms with van der Waals surface area (Å²) in [5.41, 5.74) is 7.40. The summed E-state index contributed by atoms with van der Waals surface area (Å²) in [6.45, 7) is 2.07. The normalized spacial score (nSPS) is 12.2. The van der Waals surface area contributed by atoms with Gasteiger partial charge in [0.2, 0.25) is 0 Å². The Morgan fingerprint density at radius 1 is 1.35 bits per heavy atom. The summed E-state index contributed by atoms with van der Waals surface area (Å²) in [6.07, 6.45) is 0. The number of benzene rings is 2. The van der Waals surface area contributed by atoms with Crippen LogP contribution in [0.5, 0.6) is 5.75 Å². The Bertz CT molecular complexity index is 619. The van der Waals surface area contributed by atoms with E-state index >= 15 is 0 Å². The Labute approximate surface area is 130 Å². The lowest BCUT2D eigenvalue weighted by atomic mass is 10.1. The van der Waals surface area contributed by atoms with Crippen LogP contribution in [0.25, 0.3) is 0 Å². The minimum atomic E-state index is -0.450. The van der Waals surface area contributed by atoms with Gasteiger partial charge in [-0.2, -0.15) is 0 Å². The lowest BCUT2D eigenvalue weighted by Gasteiger charge is -2.15. The van der Waals surface area contributed by atoms with Crippen molar-refractivity contribution in [2.24, 2.45) is 5.73 Å². The molecule has 2 rings (SSSR count). The fourth-order valence-electron chi connectivity index (χ4n) is 1.82. The summed E-state index contributed by atoms with van der Waals surface area (Å²) >= 11 is 9.29. The summed E-state index contributed by atoms with van der Waals surface area (Å²) in [4.78, 5) is 0. The van der Waals surface area contributed by atoms with E-state index in [9.17, 15) is 4.39 Å². The van der Waals surface area contributed by atoms with Crippen molar-refractivity contribution < 1.29 is 9.13 Å². The molecule has 0 saturated heterocycles. The molecule has 2 nitrogen and oxygen atoms in total. The van der Waals surface area contributed by atoms with E-state index in [0.717, 1.165) is 10.0 Å². The molecule has 0 bridgehead atoms. The Hall–Kier alpha value is -1.10. The van der Waals surface area contributed by atoms with Gasteiger partial charge < -0.3 is 10.5 Å². The number of hydrogen-bond donors (Lipinski definition) is 1. The predicted octanol–water partition coefficient (Wildman–Crippen LogP) is 4.84. The number of rotatable bonds is 4. The molecule has 0 saturated carbocycles. The van der Waals surface area contributed by atoms with Crippen LogP contribution in [0.4, 0.5) is 4.39 Å². The van der Waals surface area contributed by atoms with Crippen LogP contribution < -0.4 is 10.5 Å². The van der Waals surface area contributed by atoms with Crippen molar-refractivity contribution in [3.8, 4) is 5.75 Å². The van der Waals surface area contributed by atoms with Crippen LogP contribution >= 0.6 is 27.5 Å². The van der Waals surface area contributed by atoms with E-state index in [4.69, 9.17) is 22.1 Å². The van der Waals surface area contributed by atoms with Crippen LogP contribution in [0.1, 0.15) is 24.1 Å². The number of ether oxygens (including phenoxy) is 1. The van der Waals surface area contributed by atoms with E-state index in [1.165, 1.54) is 6.07 Å². The monoisotopic (exact) mass is 357 g/mol. The molecule has 0 aliphatic carbocycles. The third-order valence-electron chi connectivity index (χ3n) is 2.88. The second-order valence-corrected chi connectivity index (χ2v) is 5.77. The molecule has 2 N–H and O–H groups in total. The molecule has 0 aromatic heterocycles. The fraction of sp³-hybridized carbons (Fsp3) is 0.200. The third kappa shape index (κ3) is 3.51. The summed E-state index contributed by atoms with van der Waals surface area (Å²) in [6, 6.07) is 10.1. The first kappa shape index (κ1) is 15.3. The van der Waals surface area contributed by atoms with Gasteiger partial charge in [0, 0.05) is 21.6 Å². The molecule has 106 valence electrons. The Balaban J connectivity index is 2.22. The van der Waals surface area contributed by atoms with Crippen molar-refractivity contribution in [1.29, 1.82) is 0 Å². The van der Waals surface area contributed by atoms with Gasteiger partial charge >= 0.3 is 0 Å². The highest BCUT2D eigenvalue weighted by Gasteiger charge is 2.11. The first-order valence-corrected chi connectivity index (χ1v) is 7.27. The van der Waals surface area contributed by atoms with Gasteiger partial charge in [0.15, 0.2) is 0 Å². The van der Waals surface area contributed by atoms with Gasteiger partial charge in [-0.25, -0.2) is 4.39 Å². The predicted molar refractivity (Wildman–Crippen MR) is 82.5 cm³/mol. The van der Waals surface area contributed by atoms with Crippen molar-refractivity contribution in [3.63, 3.8) is 0 Å². The molecule has 20 heavy (non-hydrogen) atoms. The van der Waals surface area contributed by atoms with E-state index in [1.54, 1.807) is 12.1 Å². The summed E-state index contributed by atoms with van der Waals surface area (Å²) < 4.78 is 20.0. The Morgan fingerprint density at radius 3 is 2.80 bits per heavy atom.